The summed E-state index contributed by atoms with van der Waals surface area (Å²) in [6, 6.07) is -0.707. The highest BCUT2D eigenvalue weighted by Crippen LogP contribution is 2.27. The molecule has 100 valence electrons. The molecule has 0 bridgehead atoms. The van der Waals surface area contributed by atoms with Crippen LogP contribution in [0.3, 0.4) is 0 Å². The van der Waals surface area contributed by atoms with E-state index in [9.17, 15) is 9.60 Å². The maximum atomic E-state index is 13.6. The van der Waals surface area contributed by atoms with Crippen LogP contribution in [0.5, 0.6) is 0 Å². The lowest BCUT2D eigenvalue weighted by Crippen LogP contribution is -2.47. The van der Waals surface area contributed by atoms with Gasteiger partial charge in [-0.05, 0) is 18.8 Å². The molecule has 0 radical (unpaired) electrons. The van der Waals surface area contributed by atoms with E-state index in [1.54, 1.807) is 0 Å². The average Bonchev–Trinajstić information content (AvgIpc) is 2.71. The third-order valence-corrected chi connectivity index (χ3v) is 3.92. The van der Waals surface area contributed by atoms with Crippen LogP contribution in [0.2, 0.25) is 0 Å². The van der Waals surface area contributed by atoms with Crippen molar-refractivity contribution in [1.82, 2.24) is 5.06 Å². The number of alkyl halides is 1. The van der Waals surface area contributed by atoms with E-state index in [1.807, 2.05) is 0 Å². The molecule has 0 aromatic carbocycles. The Morgan fingerprint density at radius 3 is 2.59 bits per heavy atom. The zero-order valence-electron chi connectivity index (χ0n) is 10.1. The van der Waals surface area contributed by atoms with Crippen molar-refractivity contribution in [3.05, 3.63) is 0 Å². The first kappa shape index (κ1) is 13.2. The van der Waals surface area contributed by atoms with E-state index < -0.39 is 18.3 Å². The Hall–Kier alpha value is -0.230. The van der Waals surface area contributed by atoms with E-state index in [0.29, 0.717) is 12.5 Å². The number of halogens is 1. The highest BCUT2D eigenvalue weighted by molar-refractivity contribution is 4.89. The van der Waals surface area contributed by atoms with Crippen molar-refractivity contribution in [1.29, 1.82) is 0 Å². The van der Waals surface area contributed by atoms with Crippen molar-refractivity contribution in [2.24, 2.45) is 5.92 Å². The van der Waals surface area contributed by atoms with Crippen molar-refractivity contribution >= 4 is 0 Å². The fraction of sp³-hybridized carbons (Fsp3) is 1.00. The molecule has 2 fully saturated rings. The minimum atomic E-state index is -1.21. The summed E-state index contributed by atoms with van der Waals surface area (Å²) in [7, 11) is 0. The Morgan fingerprint density at radius 1 is 1.24 bits per heavy atom. The van der Waals surface area contributed by atoms with Gasteiger partial charge in [0.1, 0.15) is 12.3 Å². The summed E-state index contributed by atoms with van der Waals surface area (Å²) in [4.78, 5) is 0. The molecular weight excluding hydrogens is 225 g/mol. The standard InChI is InChI=1S/C12H22FNO3/c13-10-8-17-11(7-15)12(10)14(16)6-9-4-2-1-3-5-9/h9-12,15-16H,1-8H2/t10-,11-,12+/m1/s1. The topological polar surface area (TPSA) is 52.9 Å². The molecule has 0 amide bonds. The van der Waals surface area contributed by atoms with Gasteiger partial charge in [-0.1, -0.05) is 19.3 Å². The Kier molecular flexibility index (Phi) is 4.73. The molecule has 17 heavy (non-hydrogen) atoms. The molecule has 4 nitrogen and oxygen atoms in total. The number of ether oxygens (including phenoxy) is 1. The Bertz CT molecular complexity index is 236. The molecule has 1 aliphatic heterocycles. The number of hydrogen-bond donors (Lipinski definition) is 2. The number of rotatable bonds is 4. The quantitative estimate of drug-likeness (QED) is 0.736. The van der Waals surface area contributed by atoms with E-state index in [0.717, 1.165) is 17.9 Å². The van der Waals surface area contributed by atoms with Gasteiger partial charge in [0.05, 0.1) is 19.3 Å². The molecular formula is C12H22FNO3. The normalized spacial score (nSPS) is 35.6. The largest absolute Gasteiger partial charge is 0.394 e. The molecule has 3 atom stereocenters. The molecule has 5 heteroatoms. The summed E-state index contributed by atoms with van der Waals surface area (Å²) < 4.78 is 18.7. The van der Waals surface area contributed by atoms with Gasteiger partial charge in [0.2, 0.25) is 0 Å². The number of aliphatic hydroxyl groups is 1. The first-order valence-corrected chi connectivity index (χ1v) is 6.54. The summed E-state index contributed by atoms with van der Waals surface area (Å²) in [6.07, 6.45) is 4.06. The molecule has 2 N–H and O–H groups in total. The van der Waals surface area contributed by atoms with E-state index in [2.05, 4.69) is 0 Å². The van der Waals surface area contributed by atoms with Crippen molar-refractivity contribution in [3.8, 4) is 0 Å². The second-order valence-corrected chi connectivity index (χ2v) is 5.19. The third kappa shape index (κ3) is 3.16. The smallest absolute Gasteiger partial charge is 0.144 e. The highest BCUT2D eigenvalue weighted by Gasteiger charge is 2.41. The molecule has 1 heterocycles. The fourth-order valence-electron chi connectivity index (χ4n) is 2.94. The summed E-state index contributed by atoms with van der Waals surface area (Å²) in [5, 5.41) is 20.1. The van der Waals surface area contributed by atoms with Gasteiger partial charge < -0.3 is 15.1 Å². The Morgan fingerprint density at radius 2 is 1.94 bits per heavy atom. The molecule has 2 aliphatic rings. The second kappa shape index (κ2) is 6.09. The van der Waals surface area contributed by atoms with E-state index in [1.165, 1.54) is 19.3 Å². The lowest BCUT2D eigenvalue weighted by Gasteiger charge is -2.31. The van der Waals surface area contributed by atoms with Crippen LogP contribution in [0.1, 0.15) is 32.1 Å². The van der Waals surface area contributed by atoms with Crippen LogP contribution in [0.25, 0.3) is 0 Å². The summed E-state index contributed by atoms with van der Waals surface area (Å²) in [5.41, 5.74) is 0. The average molecular weight is 247 g/mol. The van der Waals surface area contributed by atoms with Gasteiger partial charge in [-0.25, -0.2) is 4.39 Å². The van der Waals surface area contributed by atoms with Gasteiger partial charge in [0, 0.05) is 6.54 Å². The number of hydrogen-bond acceptors (Lipinski definition) is 4. The SMILES string of the molecule is OC[C@H]1OC[C@@H](F)[C@@H]1N(O)CC1CCCCC1. The van der Waals surface area contributed by atoms with Crippen LogP contribution in [-0.2, 0) is 4.74 Å². The molecule has 2 rings (SSSR count). The molecule has 0 spiro atoms. The van der Waals surface area contributed by atoms with Crippen molar-refractivity contribution < 1.29 is 19.4 Å². The van der Waals surface area contributed by atoms with Crippen LogP contribution < -0.4 is 0 Å². The van der Waals surface area contributed by atoms with Crippen LogP contribution in [0.4, 0.5) is 4.39 Å². The lowest BCUT2D eigenvalue weighted by atomic mass is 9.89. The third-order valence-electron chi connectivity index (χ3n) is 3.92. The molecule has 1 saturated heterocycles. The van der Waals surface area contributed by atoms with E-state index in [-0.39, 0.29) is 13.2 Å². The molecule has 0 aromatic heterocycles. The van der Waals surface area contributed by atoms with E-state index in [4.69, 9.17) is 9.84 Å². The minimum absolute atomic E-state index is 0.0301. The lowest BCUT2D eigenvalue weighted by molar-refractivity contribution is -0.164. The van der Waals surface area contributed by atoms with Crippen LogP contribution in [0.15, 0.2) is 0 Å². The molecule has 1 aliphatic carbocycles. The van der Waals surface area contributed by atoms with Crippen molar-refractivity contribution in [3.63, 3.8) is 0 Å². The van der Waals surface area contributed by atoms with Gasteiger partial charge in [-0.3, -0.25) is 0 Å². The monoisotopic (exact) mass is 247 g/mol. The molecule has 1 saturated carbocycles. The second-order valence-electron chi connectivity index (χ2n) is 5.19. The van der Waals surface area contributed by atoms with Gasteiger partial charge in [0.25, 0.3) is 0 Å². The fourth-order valence-corrected chi connectivity index (χ4v) is 2.94. The van der Waals surface area contributed by atoms with Gasteiger partial charge in [-0.2, -0.15) is 5.06 Å². The predicted molar refractivity (Wildman–Crippen MR) is 60.6 cm³/mol. The summed E-state index contributed by atoms with van der Waals surface area (Å²) in [6.45, 7) is 0.218. The van der Waals surface area contributed by atoms with Gasteiger partial charge in [-0.15, -0.1) is 0 Å². The van der Waals surface area contributed by atoms with Gasteiger partial charge >= 0.3 is 0 Å². The number of nitrogens with zero attached hydrogens (tertiary/aromatic N) is 1. The maximum Gasteiger partial charge on any atom is 0.144 e. The highest BCUT2D eigenvalue weighted by atomic mass is 19.1. The summed E-state index contributed by atoms with van der Waals surface area (Å²) in [5.74, 6) is 0.445. The Labute approximate surface area is 101 Å². The van der Waals surface area contributed by atoms with E-state index >= 15 is 0 Å². The molecule has 0 aromatic rings. The first-order valence-electron chi connectivity index (χ1n) is 6.54. The first-order chi connectivity index (χ1) is 8.22. The van der Waals surface area contributed by atoms with Crippen LogP contribution in [-0.4, -0.2) is 53.5 Å². The van der Waals surface area contributed by atoms with Crippen molar-refractivity contribution in [2.45, 2.75) is 50.4 Å². The Balaban J connectivity index is 1.86. The number of aliphatic hydroxyl groups excluding tert-OH is 1. The van der Waals surface area contributed by atoms with Crippen LogP contribution >= 0.6 is 0 Å². The van der Waals surface area contributed by atoms with Crippen molar-refractivity contribution in [2.75, 3.05) is 19.8 Å². The molecule has 0 unspecified atom stereocenters. The summed E-state index contributed by atoms with van der Waals surface area (Å²) >= 11 is 0. The zero-order valence-corrected chi connectivity index (χ0v) is 10.1. The maximum absolute atomic E-state index is 13.6. The van der Waals surface area contributed by atoms with Gasteiger partial charge in [0.15, 0.2) is 0 Å². The zero-order chi connectivity index (χ0) is 12.3. The predicted octanol–water partition coefficient (Wildman–Crippen LogP) is 1.36. The minimum Gasteiger partial charge on any atom is -0.394 e. The van der Waals surface area contributed by atoms with Crippen LogP contribution in [0, 0.1) is 5.92 Å². The number of hydroxylamine groups is 2.